The van der Waals surface area contributed by atoms with Crippen LogP contribution in [0.15, 0.2) is 24.3 Å². The van der Waals surface area contributed by atoms with E-state index in [2.05, 4.69) is 10.2 Å². The van der Waals surface area contributed by atoms with E-state index in [4.69, 9.17) is 10.5 Å². The third-order valence-electron chi connectivity index (χ3n) is 3.09. The molecule has 0 saturated carbocycles. The molecule has 3 N–H and O–H groups in total. The van der Waals surface area contributed by atoms with Gasteiger partial charge in [0, 0.05) is 17.8 Å². The Morgan fingerprint density at radius 2 is 2.06 bits per heavy atom. The fourth-order valence-corrected chi connectivity index (χ4v) is 2.00. The molecule has 1 aromatic carbocycles. The lowest BCUT2D eigenvalue weighted by Crippen LogP contribution is -2.09. The van der Waals surface area contributed by atoms with Crippen molar-refractivity contribution in [3.8, 4) is 5.75 Å². The van der Waals surface area contributed by atoms with Gasteiger partial charge in [0.1, 0.15) is 17.5 Å². The van der Waals surface area contributed by atoms with E-state index in [0.29, 0.717) is 6.54 Å². The first-order chi connectivity index (χ1) is 8.63. The second-order valence-corrected chi connectivity index (χ2v) is 4.44. The Kier molecular flexibility index (Phi) is 3.67. The van der Waals surface area contributed by atoms with Crippen molar-refractivity contribution in [3.05, 3.63) is 46.8 Å². The SMILES string of the molecule is Cc1ccccc1OC(C)c1n[nH]c(C)c1CN. The summed E-state index contributed by atoms with van der Waals surface area (Å²) < 4.78 is 5.95. The van der Waals surface area contributed by atoms with E-state index in [0.717, 1.165) is 28.3 Å². The Balaban J connectivity index is 2.22. The third kappa shape index (κ3) is 2.38. The minimum atomic E-state index is -0.116. The summed E-state index contributed by atoms with van der Waals surface area (Å²) in [7, 11) is 0. The van der Waals surface area contributed by atoms with Crippen LogP contribution in [0.4, 0.5) is 0 Å². The van der Waals surface area contributed by atoms with Gasteiger partial charge in [0.05, 0.1) is 0 Å². The fourth-order valence-electron chi connectivity index (χ4n) is 2.00. The standard InChI is InChI=1S/C14H19N3O/c1-9-6-4-5-7-13(9)18-11(3)14-12(8-15)10(2)16-17-14/h4-7,11H,8,15H2,1-3H3,(H,16,17). The Bertz CT molecular complexity index is 534. The van der Waals surface area contributed by atoms with E-state index in [9.17, 15) is 0 Å². The van der Waals surface area contributed by atoms with E-state index in [1.807, 2.05) is 45.0 Å². The van der Waals surface area contributed by atoms with Gasteiger partial charge in [-0.25, -0.2) is 0 Å². The molecule has 96 valence electrons. The number of para-hydroxylation sites is 1. The molecule has 4 heteroatoms. The van der Waals surface area contributed by atoms with Gasteiger partial charge in [-0.3, -0.25) is 5.10 Å². The van der Waals surface area contributed by atoms with Gasteiger partial charge in [-0.15, -0.1) is 0 Å². The molecule has 0 spiro atoms. The minimum absolute atomic E-state index is 0.116. The highest BCUT2D eigenvalue weighted by Gasteiger charge is 2.17. The van der Waals surface area contributed by atoms with Gasteiger partial charge >= 0.3 is 0 Å². The number of nitrogens with two attached hydrogens (primary N) is 1. The molecule has 0 saturated heterocycles. The molecule has 1 unspecified atom stereocenters. The molecule has 0 bridgehead atoms. The lowest BCUT2D eigenvalue weighted by Gasteiger charge is -2.15. The van der Waals surface area contributed by atoms with Crippen LogP contribution in [0, 0.1) is 13.8 Å². The van der Waals surface area contributed by atoms with Crippen LogP contribution in [0.2, 0.25) is 0 Å². The molecule has 2 aromatic rings. The van der Waals surface area contributed by atoms with E-state index in [1.54, 1.807) is 0 Å². The number of ether oxygens (including phenoxy) is 1. The first-order valence-corrected chi connectivity index (χ1v) is 6.09. The first-order valence-electron chi connectivity index (χ1n) is 6.09. The van der Waals surface area contributed by atoms with E-state index < -0.39 is 0 Å². The molecule has 0 aliphatic carbocycles. The van der Waals surface area contributed by atoms with Gasteiger partial charge < -0.3 is 10.5 Å². The molecule has 2 rings (SSSR count). The lowest BCUT2D eigenvalue weighted by atomic mass is 10.1. The Hall–Kier alpha value is -1.81. The largest absolute Gasteiger partial charge is 0.484 e. The normalized spacial score (nSPS) is 12.4. The number of aryl methyl sites for hydroxylation is 2. The summed E-state index contributed by atoms with van der Waals surface area (Å²) in [5, 5.41) is 7.24. The number of aromatic nitrogens is 2. The smallest absolute Gasteiger partial charge is 0.140 e. The number of rotatable bonds is 4. The van der Waals surface area contributed by atoms with Crippen LogP contribution in [0.3, 0.4) is 0 Å². The maximum Gasteiger partial charge on any atom is 0.140 e. The highest BCUT2D eigenvalue weighted by Crippen LogP contribution is 2.26. The number of nitrogens with zero attached hydrogens (tertiary/aromatic N) is 1. The van der Waals surface area contributed by atoms with Crippen molar-refractivity contribution in [2.24, 2.45) is 5.73 Å². The highest BCUT2D eigenvalue weighted by atomic mass is 16.5. The average Bonchev–Trinajstić information content (AvgIpc) is 2.73. The topological polar surface area (TPSA) is 63.9 Å². The molecule has 4 nitrogen and oxygen atoms in total. The molecule has 0 aliphatic rings. The minimum Gasteiger partial charge on any atom is -0.484 e. The third-order valence-corrected chi connectivity index (χ3v) is 3.09. The summed E-state index contributed by atoms with van der Waals surface area (Å²) in [6.45, 7) is 6.46. The monoisotopic (exact) mass is 245 g/mol. The molecule has 1 heterocycles. The molecule has 0 aliphatic heterocycles. The molecular weight excluding hydrogens is 226 g/mol. The van der Waals surface area contributed by atoms with Gasteiger partial charge in [0.25, 0.3) is 0 Å². The Labute approximate surface area is 107 Å². The number of hydrogen-bond donors (Lipinski definition) is 2. The maximum absolute atomic E-state index is 5.95. The van der Waals surface area contributed by atoms with Gasteiger partial charge in [0.15, 0.2) is 0 Å². The molecular formula is C14H19N3O. The second kappa shape index (κ2) is 5.23. The average molecular weight is 245 g/mol. The fraction of sp³-hybridized carbons (Fsp3) is 0.357. The molecule has 0 fully saturated rings. The Morgan fingerprint density at radius 1 is 1.33 bits per heavy atom. The molecule has 0 amide bonds. The molecule has 18 heavy (non-hydrogen) atoms. The van der Waals surface area contributed by atoms with Crippen molar-refractivity contribution in [1.29, 1.82) is 0 Å². The number of H-pyrrole nitrogens is 1. The van der Waals surface area contributed by atoms with Gasteiger partial charge in [0.2, 0.25) is 0 Å². The summed E-state index contributed by atoms with van der Waals surface area (Å²) in [5.74, 6) is 0.883. The van der Waals surface area contributed by atoms with E-state index in [1.165, 1.54) is 0 Å². The van der Waals surface area contributed by atoms with Crippen LogP contribution >= 0.6 is 0 Å². The zero-order valence-corrected chi connectivity index (χ0v) is 11.0. The Morgan fingerprint density at radius 3 is 2.72 bits per heavy atom. The second-order valence-electron chi connectivity index (χ2n) is 4.44. The van der Waals surface area contributed by atoms with Crippen molar-refractivity contribution in [2.75, 3.05) is 0 Å². The summed E-state index contributed by atoms with van der Waals surface area (Å²) >= 11 is 0. The lowest BCUT2D eigenvalue weighted by molar-refractivity contribution is 0.219. The van der Waals surface area contributed by atoms with Crippen LogP contribution in [0.1, 0.15) is 35.5 Å². The van der Waals surface area contributed by atoms with Crippen LogP contribution in [-0.4, -0.2) is 10.2 Å². The molecule has 1 aromatic heterocycles. The summed E-state index contributed by atoms with van der Waals surface area (Å²) in [5.41, 5.74) is 9.79. The maximum atomic E-state index is 5.95. The van der Waals surface area contributed by atoms with Crippen LogP contribution in [-0.2, 0) is 6.54 Å². The van der Waals surface area contributed by atoms with Crippen LogP contribution < -0.4 is 10.5 Å². The zero-order valence-electron chi connectivity index (χ0n) is 11.0. The number of aromatic amines is 1. The van der Waals surface area contributed by atoms with Crippen molar-refractivity contribution in [3.63, 3.8) is 0 Å². The van der Waals surface area contributed by atoms with Crippen LogP contribution in [0.25, 0.3) is 0 Å². The van der Waals surface area contributed by atoms with Gasteiger partial charge in [-0.2, -0.15) is 5.10 Å². The summed E-state index contributed by atoms with van der Waals surface area (Å²) in [6.07, 6.45) is -0.116. The quantitative estimate of drug-likeness (QED) is 0.870. The predicted octanol–water partition coefficient (Wildman–Crippen LogP) is 2.63. The van der Waals surface area contributed by atoms with E-state index >= 15 is 0 Å². The highest BCUT2D eigenvalue weighted by molar-refractivity contribution is 5.33. The summed E-state index contributed by atoms with van der Waals surface area (Å²) in [4.78, 5) is 0. The predicted molar refractivity (Wildman–Crippen MR) is 71.4 cm³/mol. The number of benzene rings is 1. The first kappa shape index (κ1) is 12.6. The molecule has 0 radical (unpaired) electrons. The number of hydrogen-bond acceptors (Lipinski definition) is 3. The number of nitrogens with one attached hydrogen (secondary N) is 1. The van der Waals surface area contributed by atoms with Crippen molar-refractivity contribution in [2.45, 2.75) is 33.4 Å². The van der Waals surface area contributed by atoms with E-state index in [-0.39, 0.29) is 6.10 Å². The van der Waals surface area contributed by atoms with Gasteiger partial charge in [-0.05, 0) is 32.4 Å². The molecule has 1 atom stereocenters. The zero-order chi connectivity index (χ0) is 13.1. The van der Waals surface area contributed by atoms with Crippen LogP contribution in [0.5, 0.6) is 5.75 Å². The summed E-state index contributed by atoms with van der Waals surface area (Å²) in [6, 6.07) is 7.96. The van der Waals surface area contributed by atoms with Crippen molar-refractivity contribution >= 4 is 0 Å². The van der Waals surface area contributed by atoms with Crippen molar-refractivity contribution in [1.82, 2.24) is 10.2 Å². The van der Waals surface area contributed by atoms with Crippen molar-refractivity contribution < 1.29 is 4.74 Å². The van der Waals surface area contributed by atoms with Gasteiger partial charge in [-0.1, -0.05) is 18.2 Å².